The minimum absolute atomic E-state index is 0.179. The SMILES string of the molecule is COc1ccccc1[C@@H](C)NC(=O)CN(c1ccc(Cl)c(C(F)(F)F)c1)S(=O)(=O)c1ccc(C)cc1. The number of methoxy groups -OCH3 is 1. The van der Waals surface area contributed by atoms with Gasteiger partial charge < -0.3 is 10.1 Å². The van der Waals surface area contributed by atoms with Gasteiger partial charge in [0.2, 0.25) is 5.91 Å². The molecule has 3 rings (SSSR count). The number of para-hydroxylation sites is 1. The minimum atomic E-state index is -4.83. The molecule has 192 valence electrons. The third-order valence-electron chi connectivity index (χ3n) is 5.42. The number of carbonyl (C=O) groups excluding carboxylic acids is 1. The highest BCUT2D eigenvalue weighted by Gasteiger charge is 2.35. The molecule has 1 atom stereocenters. The normalized spacial score (nSPS) is 12.6. The monoisotopic (exact) mass is 540 g/mol. The maximum Gasteiger partial charge on any atom is 0.417 e. The number of alkyl halides is 3. The van der Waals surface area contributed by atoms with E-state index < -0.39 is 45.3 Å². The molecule has 6 nitrogen and oxygen atoms in total. The first kappa shape index (κ1) is 27.3. The molecule has 0 aliphatic rings. The number of amides is 1. The first-order valence-corrected chi connectivity index (χ1v) is 12.5. The molecule has 0 saturated heterocycles. The zero-order valence-electron chi connectivity index (χ0n) is 19.6. The third-order valence-corrected chi connectivity index (χ3v) is 7.54. The van der Waals surface area contributed by atoms with Crippen LogP contribution in [0.25, 0.3) is 0 Å². The lowest BCUT2D eigenvalue weighted by Crippen LogP contribution is -2.41. The van der Waals surface area contributed by atoms with Gasteiger partial charge in [0.25, 0.3) is 10.0 Å². The number of carbonyl (C=O) groups is 1. The molecule has 0 heterocycles. The molecule has 0 aliphatic heterocycles. The second-order valence-electron chi connectivity index (χ2n) is 8.02. The fourth-order valence-electron chi connectivity index (χ4n) is 3.56. The molecule has 0 fully saturated rings. The fourth-order valence-corrected chi connectivity index (χ4v) is 5.20. The molecule has 0 unspecified atom stereocenters. The summed E-state index contributed by atoms with van der Waals surface area (Å²) >= 11 is 5.73. The Morgan fingerprint density at radius 2 is 1.72 bits per heavy atom. The number of halogens is 4. The number of sulfonamides is 1. The molecule has 0 saturated carbocycles. The first-order valence-electron chi connectivity index (χ1n) is 10.7. The predicted octanol–water partition coefficient (Wildman–Crippen LogP) is 5.75. The smallest absolute Gasteiger partial charge is 0.417 e. The van der Waals surface area contributed by atoms with Gasteiger partial charge in [0.05, 0.1) is 34.3 Å². The van der Waals surface area contributed by atoms with Crippen LogP contribution in [0.5, 0.6) is 5.75 Å². The number of benzene rings is 3. The van der Waals surface area contributed by atoms with Crippen LogP contribution in [0.3, 0.4) is 0 Å². The first-order chi connectivity index (χ1) is 16.8. The highest BCUT2D eigenvalue weighted by atomic mass is 35.5. The summed E-state index contributed by atoms with van der Waals surface area (Å²) in [6.07, 6.45) is -4.83. The summed E-state index contributed by atoms with van der Waals surface area (Å²) < 4.78 is 73.4. The van der Waals surface area contributed by atoms with Crippen molar-refractivity contribution in [2.24, 2.45) is 0 Å². The van der Waals surface area contributed by atoms with Crippen molar-refractivity contribution in [3.05, 3.63) is 88.4 Å². The van der Waals surface area contributed by atoms with Crippen molar-refractivity contribution < 1.29 is 31.1 Å². The number of anilines is 1. The molecule has 3 aromatic carbocycles. The molecule has 0 aliphatic carbocycles. The minimum Gasteiger partial charge on any atom is -0.496 e. The molecule has 1 amide bonds. The number of nitrogens with zero attached hydrogens (tertiary/aromatic N) is 1. The van der Waals surface area contributed by atoms with Gasteiger partial charge in [-0.15, -0.1) is 0 Å². The van der Waals surface area contributed by atoms with Gasteiger partial charge in [-0.3, -0.25) is 9.10 Å². The molecule has 0 spiro atoms. The lowest BCUT2D eigenvalue weighted by Gasteiger charge is -2.26. The molecular weight excluding hydrogens is 517 g/mol. The molecule has 3 aromatic rings. The second-order valence-corrected chi connectivity index (χ2v) is 10.3. The van der Waals surface area contributed by atoms with Crippen molar-refractivity contribution in [2.45, 2.75) is 31.0 Å². The highest BCUT2D eigenvalue weighted by molar-refractivity contribution is 7.92. The van der Waals surface area contributed by atoms with Gasteiger partial charge in [-0.2, -0.15) is 13.2 Å². The standard InChI is InChI=1S/C25H24ClF3N2O4S/c1-16-8-11-19(12-9-16)36(33,34)31(18-10-13-22(26)21(14-18)25(27,28)29)15-24(32)30-17(2)20-6-4-5-7-23(20)35-3/h4-14,17H,15H2,1-3H3,(H,30,32)/t17-/m1/s1. The Kier molecular flexibility index (Phi) is 8.20. The zero-order valence-corrected chi connectivity index (χ0v) is 21.2. The van der Waals surface area contributed by atoms with Gasteiger partial charge in [-0.1, -0.05) is 47.5 Å². The van der Waals surface area contributed by atoms with Crippen LogP contribution in [-0.2, 0) is 21.0 Å². The summed E-state index contributed by atoms with van der Waals surface area (Å²) in [5, 5.41) is 2.10. The number of hydrogen-bond donors (Lipinski definition) is 1. The molecule has 0 aromatic heterocycles. The zero-order chi connectivity index (χ0) is 26.7. The van der Waals surface area contributed by atoms with Crippen molar-refractivity contribution in [1.82, 2.24) is 5.32 Å². The van der Waals surface area contributed by atoms with E-state index in [4.69, 9.17) is 16.3 Å². The average Bonchev–Trinajstić information content (AvgIpc) is 2.82. The van der Waals surface area contributed by atoms with Gasteiger partial charge in [0.1, 0.15) is 12.3 Å². The summed E-state index contributed by atoms with van der Waals surface area (Å²) in [7, 11) is -2.94. The lowest BCUT2D eigenvalue weighted by molar-refractivity contribution is -0.137. The predicted molar refractivity (Wildman–Crippen MR) is 132 cm³/mol. The van der Waals surface area contributed by atoms with Crippen LogP contribution in [0.15, 0.2) is 71.6 Å². The lowest BCUT2D eigenvalue weighted by atomic mass is 10.1. The summed E-state index contributed by atoms with van der Waals surface area (Å²) in [5.74, 6) is -0.213. The van der Waals surface area contributed by atoms with Crippen molar-refractivity contribution in [2.75, 3.05) is 18.0 Å². The Labute approximate surface area is 212 Å². The summed E-state index contributed by atoms with van der Waals surface area (Å²) in [6.45, 7) is 2.67. The van der Waals surface area contributed by atoms with Crippen molar-refractivity contribution in [3.8, 4) is 5.75 Å². The number of rotatable bonds is 8. The van der Waals surface area contributed by atoms with E-state index >= 15 is 0 Å². The van der Waals surface area contributed by atoms with Gasteiger partial charge in [-0.25, -0.2) is 8.42 Å². The van der Waals surface area contributed by atoms with Crippen LogP contribution < -0.4 is 14.4 Å². The maximum absolute atomic E-state index is 13.5. The Hall–Kier alpha value is -3.24. The topological polar surface area (TPSA) is 75.7 Å². The van der Waals surface area contributed by atoms with Crippen molar-refractivity contribution in [3.63, 3.8) is 0 Å². The van der Waals surface area contributed by atoms with E-state index in [9.17, 15) is 26.4 Å². The van der Waals surface area contributed by atoms with E-state index in [2.05, 4.69) is 5.32 Å². The van der Waals surface area contributed by atoms with Crippen LogP contribution in [0, 0.1) is 6.92 Å². The van der Waals surface area contributed by atoms with Crippen LogP contribution in [0.2, 0.25) is 5.02 Å². The maximum atomic E-state index is 13.5. The van der Waals surface area contributed by atoms with Crippen molar-refractivity contribution in [1.29, 1.82) is 0 Å². The fraction of sp³-hybridized carbons (Fsp3) is 0.240. The Balaban J connectivity index is 2.01. The van der Waals surface area contributed by atoms with E-state index in [0.29, 0.717) is 21.7 Å². The van der Waals surface area contributed by atoms with Gasteiger partial charge in [0, 0.05) is 5.56 Å². The molecule has 0 radical (unpaired) electrons. The van der Waals surface area contributed by atoms with Gasteiger partial charge in [0.15, 0.2) is 0 Å². The second kappa shape index (κ2) is 10.8. The van der Waals surface area contributed by atoms with E-state index in [0.717, 1.165) is 17.7 Å². The van der Waals surface area contributed by atoms with Gasteiger partial charge in [-0.05, 0) is 50.2 Å². The number of ether oxygens (including phenoxy) is 1. The third kappa shape index (κ3) is 6.11. The number of hydrogen-bond acceptors (Lipinski definition) is 4. The summed E-state index contributed by atoms with van der Waals surface area (Å²) in [4.78, 5) is 12.8. The number of nitrogens with one attached hydrogen (secondary N) is 1. The van der Waals surface area contributed by atoms with E-state index in [-0.39, 0.29) is 10.6 Å². The highest BCUT2D eigenvalue weighted by Crippen LogP contribution is 2.38. The van der Waals surface area contributed by atoms with Crippen molar-refractivity contribution >= 4 is 33.2 Å². The Morgan fingerprint density at radius 1 is 1.08 bits per heavy atom. The summed E-state index contributed by atoms with van der Waals surface area (Å²) in [6, 6.07) is 14.8. The van der Waals surface area contributed by atoms with Crippen LogP contribution >= 0.6 is 11.6 Å². The Morgan fingerprint density at radius 3 is 2.33 bits per heavy atom. The van der Waals surface area contributed by atoms with E-state index in [1.54, 1.807) is 50.2 Å². The van der Waals surface area contributed by atoms with E-state index in [1.165, 1.54) is 19.2 Å². The van der Waals surface area contributed by atoms with Gasteiger partial charge >= 0.3 is 6.18 Å². The van der Waals surface area contributed by atoms with Crippen LogP contribution in [0.4, 0.5) is 18.9 Å². The quantitative estimate of drug-likeness (QED) is 0.395. The number of aryl methyl sites for hydroxylation is 1. The van der Waals surface area contributed by atoms with Crippen LogP contribution in [-0.4, -0.2) is 28.0 Å². The van der Waals surface area contributed by atoms with E-state index in [1.807, 2.05) is 0 Å². The molecular formula is C25H24ClF3N2O4S. The molecule has 36 heavy (non-hydrogen) atoms. The molecule has 11 heteroatoms. The summed E-state index contributed by atoms with van der Waals surface area (Å²) in [5.41, 5.74) is -0.136. The average molecular weight is 541 g/mol. The van der Waals surface area contributed by atoms with Crippen LogP contribution in [0.1, 0.15) is 29.7 Å². The molecule has 0 bridgehead atoms. The largest absolute Gasteiger partial charge is 0.496 e. The Bertz CT molecular complexity index is 1350. The molecule has 1 N–H and O–H groups in total.